The van der Waals surface area contributed by atoms with E-state index in [0.717, 1.165) is 38.1 Å². The summed E-state index contributed by atoms with van der Waals surface area (Å²) in [5, 5.41) is 6.72. The minimum atomic E-state index is 0.888. The third-order valence-electron chi connectivity index (χ3n) is 3.07. The highest BCUT2D eigenvalue weighted by molar-refractivity contribution is 4.75. The van der Waals surface area contributed by atoms with Gasteiger partial charge in [0.25, 0.3) is 0 Å². The van der Waals surface area contributed by atoms with Crippen LogP contribution >= 0.6 is 0 Å². The van der Waals surface area contributed by atoms with E-state index in [9.17, 15) is 0 Å². The molecule has 82 valence electrons. The fourth-order valence-electron chi connectivity index (χ4n) is 1.66. The molecule has 0 spiro atoms. The minimum Gasteiger partial charge on any atom is -0.380 e. The highest BCUT2D eigenvalue weighted by atomic mass is 16.5. The number of hydrogen-bond acceptors (Lipinski definition) is 3. The number of nitrogens with one attached hydrogen (secondary N) is 2. The molecule has 1 heterocycles. The lowest BCUT2D eigenvalue weighted by Crippen LogP contribution is -2.43. The fourth-order valence-corrected chi connectivity index (χ4v) is 1.66. The Labute approximate surface area is 86.6 Å². The highest BCUT2D eigenvalue weighted by Gasteiger charge is 2.20. The predicted molar refractivity (Wildman–Crippen MR) is 57.4 cm³/mol. The summed E-state index contributed by atoms with van der Waals surface area (Å²) < 4.78 is 5.53. The van der Waals surface area contributed by atoms with E-state index in [-0.39, 0.29) is 0 Å². The summed E-state index contributed by atoms with van der Waals surface area (Å²) in [4.78, 5) is 0. The van der Waals surface area contributed by atoms with Crippen LogP contribution in [-0.4, -0.2) is 39.4 Å². The normalized spacial score (nSPS) is 22.3. The molecule has 1 saturated carbocycles. The van der Waals surface area contributed by atoms with Gasteiger partial charge in [0.2, 0.25) is 0 Å². The van der Waals surface area contributed by atoms with Crippen LogP contribution in [0.1, 0.15) is 19.3 Å². The largest absolute Gasteiger partial charge is 0.380 e. The Hall–Kier alpha value is -0.120. The molecule has 3 heteroatoms. The van der Waals surface area contributed by atoms with Crippen molar-refractivity contribution in [1.82, 2.24) is 10.6 Å². The van der Waals surface area contributed by atoms with Crippen LogP contribution in [0.25, 0.3) is 0 Å². The minimum absolute atomic E-state index is 0.888. The molecule has 0 amide bonds. The highest BCUT2D eigenvalue weighted by Crippen LogP contribution is 2.28. The maximum atomic E-state index is 5.53. The second-order valence-corrected chi connectivity index (χ2v) is 4.58. The maximum absolute atomic E-state index is 5.53. The molecule has 3 nitrogen and oxygen atoms in total. The first-order valence-electron chi connectivity index (χ1n) is 5.94. The van der Waals surface area contributed by atoms with Crippen molar-refractivity contribution < 1.29 is 4.74 Å². The van der Waals surface area contributed by atoms with Crippen molar-refractivity contribution in [1.29, 1.82) is 0 Å². The SMILES string of the molecule is C(COCC1CC1)NCCC1CNC1. The smallest absolute Gasteiger partial charge is 0.0591 e. The first-order chi connectivity index (χ1) is 6.95. The van der Waals surface area contributed by atoms with Gasteiger partial charge in [-0.15, -0.1) is 0 Å². The standard InChI is InChI=1S/C11H22N2O/c1-2-10(1)9-14-6-5-12-4-3-11-7-13-8-11/h10-13H,1-9H2. The van der Waals surface area contributed by atoms with Crippen molar-refractivity contribution in [2.75, 3.05) is 39.4 Å². The van der Waals surface area contributed by atoms with E-state index in [1.165, 1.54) is 32.4 Å². The molecule has 1 aliphatic carbocycles. The Morgan fingerprint density at radius 2 is 2.00 bits per heavy atom. The van der Waals surface area contributed by atoms with Crippen molar-refractivity contribution in [3.8, 4) is 0 Å². The van der Waals surface area contributed by atoms with Gasteiger partial charge in [-0.25, -0.2) is 0 Å². The number of rotatable bonds is 8. The lowest BCUT2D eigenvalue weighted by atomic mass is 10.00. The Bertz CT molecular complexity index is 155. The summed E-state index contributed by atoms with van der Waals surface area (Å²) >= 11 is 0. The average molecular weight is 198 g/mol. The molecule has 0 aromatic rings. The van der Waals surface area contributed by atoms with E-state index in [1.54, 1.807) is 0 Å². The summed E-state index contributed by atoms with van der Waals surface area (Å²) in [7, 11) is 0. The van der Waals surface area contributed by atoms with Gasteiger partial charge in [-0.3, -0.25) is 0 Å². The van der Waals surface area contributed by atoms with Crippen LogP contribution in [0, 0.1) is 11.8 Å². The zero-order valence-electron chi connectivity index (χ0n) is 8.93. The zero-order chi connectivity index (χ0) is 9.64. The van der Waals surface area contributed by atoms with Gasteiger partial charge in [-0.2, -0.15) is 0 Å². The van der Waals surface area contributed by atoms with E-state index in [2.05, 4.69) is 10.6 Å². The molecule has 2 rings (SSSR count). The molecule has 1 saturated heterocycles. The Morgan fingerprint density at radius 1 is 1.14 bits per heavy atom. The molecule has 0 aromatic heterocycles. The number of hydrogen-bond donors (Lipinski definition) is 2. The van der Waals surface area contributed by atoms with Crippen molar-refractivity contribution in [3.63, 3.8) is 0 Å². The van der Waals surface area contributed by atoms with Gasteiger partial charge >= 0.3 is 0 Å². The van der Waals surface area contributed by atoms with Crippen molar-refractivity contribution in [2.24, 2.45) is 11.8 Å². The van der Waals surface area contributed by atoms with Gasteiger partial charge in [-0.05, 0) is 50.7 Å². The Morgan fingerprint density at radius 3 is 2.64 bits per heavy atom. The second-order valence-electron chi connectivity index (χ2n) is 4.58. The van der Waals surface area contributed by atoms with E-state index < -0.39 is 0 Å². The van der Waals surface area contributed by atoms with E-state index in [0.29, 0.717) is 0 Å². The van der Waals surface area contributed by atoms with E-state index >= 15 is 0 Å². The van der Waals surface area contributed by atoms with Crippen LogP contribution in [-0.2, 0) is 4.74 Å². The average Bonchev–Trinajstić information content (AvgIpc) is 2.90. The monoisotopic (exact) mass is 198 g/mol. The van der Waals surface area contributed by atoms with Crippen molar-refractivity contribution >= 4 is 0 Å². The third kappa shape index (κ3) is 3.95. The first kappa shape index (κ1) is 10.4. The van der Waals surface area contributed by atoms with Crippen LogP contribution in [0.15, 0.2) is 0 Å². The van der Waals surface area contributed by atoms with Gasteiger partial charge < -0.3 is 15.4 Å². The van der Waals surface area contributed by atoms with Gasteiger partial charge in [-0.1, -0.05) is 0 Å². The van der Waals surface area contributed by atoms with E-state index in [4.69, 9.17) is 4.74 Å². The first-order valence-corrected chi connectivity index (χ1v) is 5.94. The van der Waals surface area contributed by atoms with Crippen LogP contribution < -0.4 is 10.6 Å². The zero-order valence-corrected chi connectivity index (χ0v) is 8.93. The van der Waals surface area contributed by atoms with Crippen LogP contribution in [0.4, 0.5) is 0 Å². The van der Waals surface area contributed by atoms with Gasteiger partial charge in [0.15, 0.2) is 0 Å². The summed E-state index contributed by atoms with van der Waals surface area (Å²) in [6.45, 7) is 6.50. The molecule has 2 fully saturated rings. The molecule has 0 atom stereocenters. The van der Waals surface area contributed by atoms with Crippen LogP contribution in [0.5, 0.6) is 0 Å². The predicted octanol–water partition coefficient (Wildman–Crippen LogP) is 0.612. The van der Waals surface area contributed by atoms with Crippen LogP contribution in [0.2, 0.25) is 0 Å². The van der Waals surface area contributed by atoms with Gasteiger partial charge in [0.1, 0.15) is 0 Å². The lowest BCUT2D eigenvalue weighted by Gasteiger charge is -2.26. The summed E-state index contributed by atoms with van der Waals surface area (Å²) in [6, 6.07) is 0. The van der Waals surface area contributed by atoms with Crippen molar-refractivity contribution in [3.05, 3.63) is 0 Å². The Kier molecular flexibility index (Phi) is 4.22. The molecule has 0 aromatic carbocycles. The quantitative estimate of drug-likeness (QED) is 0.561. The maximum Gasteiger partial charge on any atom is 0.0591 e. The second kappa shape index (κ2) is 5.69. The molecule has 1 aliphatic heterocycles. The molecule has 0 unspecified atom stereocenters. The molecule has 2 N–H and O–H groups in total. The lowest BCUT2D eigenvalue weighted by molar-refractivity contribution is 0.126. The van der Waals surface area contributed by atoms with E-state index in [1.807, 2.05) is 0 Å². The summed E-state index contributed by atoms with van der Waals surface area (Å²) in [6.07, 6.45) is 4.10. The summed E-state index contributed by atoms with van der Waals surface area (Å²) in [5.41, 5.74) is 0. The third-order valence-corrected chi connectivity index (χ3v) is 3.07. The Balaban J connectivity index is 1.29. The number of ether oxygens (including phenoxy) is 1. The molecule has 2 aliphatic rings. The molecule has 0 radical (unpaired) electrons. The molecule has 0 bridgehead atoms. The van der Waals surface area contributed by atoms with Crippen molar-refractivity contribution in [2.45, 2.75) is 19.3 Å². The topological polar surface area (TPSA) is 33.3 Å². The fraction of sp³-hybridized carbons (Fsp3) is 1.00. The molecular weight excluding hydrogens is 176 g/mol. The molecular formula is C11H22N2O. The molecule has 14 heavy (non-hydrogen) atoms. The van der Waals surface area contributed by atoms with Gasteiger partial charge in [0, 0.05) is 13.2 Å². The summed E-state index contributed by atoms with van der Waals surface area (Å²) in [5.74, 6) is 1.82. The van der Waals surface area contributed by atoms with Gasteiger partial charge in [0.05, 0.1) is 6.61 Å². The van der Waals surface area contributed by atoms with Crippen LogP contribution in [0.3, 0.4) is 0 Å².